The molecule has 1 aromatic carbocycles. The van der Waals surface area contributed by atoms with Gasteiger partial charge in [-0.25, -0.2) is 0 Å². The van der Waals surface area contributed by atoms with Crippen molar-refractivity contribution < 1.29 is 4.74 Å². The van der Waals surface area contributed by atoms with Gasteiger partial charge < -0.3 is 10.1 Å². The number of benzene rings is 1. The first-order valence-corrected chi connectivity index (χ1v) is 7.07. The summed E-state index contributed by atoms with van der Waals surface area (Å²) >= 11 is 0. The van der Waals surface area contributed by atoms with Crippen LogP contribution in [0.2, 0.25) is 0 Å². The Kier molecular flexibility index (Phi) is 6.99. The second-order valence-electron chi connectivity index (χ2n) is 5.20. The minimum absolute atomic E-state index is 0.148. The molecule has 2 atom stereocenters. The minimum Gasteiger partial charge on any atom is -0.369 e. The van der Waals surface area contributed by atoms with E-state index in [4.69, 9.17) is 4.74 Å². The van der Waals surface area contributed by atoms with E-state index in [1.807, 2.05) is 6.07 Å². The molecule has 2 unspecified atom stereocenters. The number of ether oxygens (including phenoxy) is 1. The number of rotatable bonds is 8. The molecule has 2 heteroatoms. The van der Waals surface area contributed by atoms with Crippen LogP contribution in [-0.2, 0) is 4.74 Å². The fourth-order valence-electron chi connectivity index (χ4n) is 2.01. The lowest BCUT2D eigenvalue weighted by atomic mass is 10.1. The van der Waals surface area contributed by atoms with Crippen molar-refractivity contribution in [1.29, 1.82) is 0 Å². The Morgan fingerprint density at radius 3 is 2.33 bits per heavy atom. The molecule has 0 saturated heterocycles. The Morgan fingerprint density at radius 2 is 1.78 bits per heavy atom. The number of hydrogen-bond acceptors (Lipinski definition) is 2. The van der Waals surface area contributed by atoms with Gasteiger partial charge in [0.25, 0.3) is 0 Å². The Balaban J connectivity index is 2.63. The van der Waals surface area contributed by atoms with Gasteiger partial charge in [0.1, 0.15) is 0 Å². The summed E-state index contributed by atoms with van der Waals surface area (Å²) in [7, 11) is 0. The van der Waals surface area contributed by atoms with E-state index in [1.54, 1.807) is 0 Å². The Labute approximate surface area is 112 Å². The third-order valence-corrected chi connectivity index (χ3v) is 2.97. The molecule has 102 valence electrons. The molecule has 1 aromatic rings. The number of nitrogens with one attached hydrogen (secondary N) is 1. The first-order valence-electron chi connectivity index (χ1n) is 7.07. The van der Waals surface area contributed by atoms with Crippen molar-refractivity contribution in [2.75, 3.05) is 6.54 Å². The van der Waals surface area contributed by atoms with Gasteiger partial charge in [-0.05, 0) is 18.9 Å². The average Bonchev–Trinajstić information content (AvgIpc) is 2.35. The van der Waals surface area contributed by atoms with Crippen LogP contribution >= 0.6 is 0 Å². The van der Waals surface area contributed by atoms with Gasteiger partial charge in [0.2, 0.25) is 0 Å². The Bertz CT molecular complexity index is 310. The van der Waals surface area contributed by atoms with Gasteiger partial charge in [0.05, 0.1) is 12.2 Å². The van der Waals surface area contributed by atoms with Crippen molar-refractivity contribution in [2.45, 2.75) is 58.8 Å². The molecule has 2 nitrogen and oxygen atoms in total. The van der Waals surface area contributed by atoms with E-state index in [9.17, 15) is 0 Å². The molecule has 0 spiro atoms. The molecule has 0 aliphatic carbocycles. The smallest absolute Gasteiger partial charge is 0.0952 e. The third-order valence-electron chi connectivity index (χ3n) is 2.97. The maximum absolute atomic E-state index is 6.16. The quantitative estimate of drug-likeness (QED) is 0.753. The maximum atomic E-state index is 6.16. The molecule has 0 aromatic heterocycles. The van der Waals surface area contributed by atoms with Crippen LogP contribution < -0.4 is 5.32 Å². The van der Waals surface area contributed by atoms with Gasteiger partial charge in [-0.3, -0.25) is 0 Å². The fourth-order valence-corrected chi connectivity index (χ4v) is 2.01. The van der Waals surface area contributed by atoms with Crippen molar-refractivity contribution >= 4 is 0 Å². The van der Waals surface area contributed by atoms with Crippen LogP contribution in [0.4, 0.5) is 0 Å². The molecular weight excluding hydrogens is 222 g/mol. The molecule has 0 aliphatic rings. The molecule has 0 radical (unpaired) electrons. The highest BCUT2D eigenvalue weighted by Crippen LogP contribution is 2.20. The van der Waals surface area contributed by atoms with Crippen LogP contribution in [0, 0.1) is 0 Å². The summed E-state index contributed by atoms with van der Waals surface area (Å²) in [6, 6.07) is 11.0. The van der Waals surface area contributed by atoms with Crippen LogP contribution in [0.5, 0.6) is 0 Å². The lowest BCUT2D eigenvalue weighted by Crippen LogP contribution is -2.30. The molecule has 0 amide bonds. The Hall–Kier alpha value is -0.860. The zero-order valence-corrected chi connectivity index (χ0v) is 12.1. The summed E-state index contributed by atoms with van der Waals surface area (Å²) in [6.45, 7) is 9.56. The van der Waals surface area contributed by atoms with Crippen molar-refractivity contribution in [1.82, 2.24) is 5.32 Å². The molecule has 0 saturated carbocycles. The predicted octanol–water partition coefficient (Wildman–Crippen LogP) is 3.93. The lowest BCUT2D eigenvalue weighted by molar-refractivity contribution is -0.00806. The second kappa shape index (κ2) is 8.28. The van der Waals surface area contributed by atoms with E-state index < -0.39 is 0 Å². The Morgan fingerprint density at radius 1 is 1.11 bits per heavy atom. The van der Waals surface area contributed by atoms with Crippen LogP contribution in [0.15, 0.2) is 30.3 Å². The highest BCUT2D eigenvalue weighted by atomic mass is 16.5. The van der Waals surface area contributed by atoms with Crippen LogP contribution in [0.3, 0.4) is 0 Å². The maximum Gasteiger partial charge on any atom is 0.0952 e. The largest absolute Gasteiger partial charge is 0.369 e. The highest BCUT2D eigenvalue weighted by Gasteiger charge is 2.15. The van der Waals surface area contributed by atoms with E-state index in [0.717, 1.165) is 13.0 Å². The zero-order chi connectivity index (χ0) is 13.4. The molecule has 0 heterocycles. The van der Waals surface area contributed by atoms with Crippen molar-refractivity contribution in [3.8, 4) is 0 Å². The average molecular weight is 249 g/mol. The topological polar surface area (TPSA) is 21.3 Å². The minimum atomic E-state index is 0.148. The van der Waals surface area contributed by atoms with E-state index in [-0.39, 0.29) is 6.10 Å². The standard InChI is InChI=1S/C16H27NO/c1-5-9-14(4)18-16(12-17-13(2)3)15-10-7-6-8-11-15/h6-8,10-11,13-14,16-17H,5,9,12H2,1-4H3. The fraction of sp³-hybridized carbons (Fsp3) is 0.625. The zero-order valence-electron chi connectivity index (χ0n) is 12.1. The molecule has 1 rings (SSSR count). The third kappa shape index (κ3) is 5.65. The van der Waals surface area contributed by atoms with Gasteiger partial charge in [-0.1, -0.05) is 57.5 Å². The summed E-state index contributed by atoms with van der Waals surface area (Å²) in [5.41, 5.74) is 1.26. The van der Waals surface area contributed by atoms with Crippen LogP contribution in [0.1, 0.15) is 52.2 Å². The first-order chi connectivity index (χ1) is 8.63. The van der Waals surface area contributed by atoms with E-state index >= 15 is 0 Å². The summed E-state index contributed by atoms with van der Waals surface area (Å²) in [6.07, 6.45) is 2.75. The van der Waals surface area contributed by atoms with E-state index in [1.165, 1.54) is 12.0 Å². The molecule has 0 bridgehead atoms. The SMILES string of the molecule is CCCC(C)OC(CNC(C)C)c1ccccc1. The molecular formula is C16H27NO. The van der Waals surface area contributed by atoms with Gasteiger partial charge in [-0.2, -0.15) is 0 Å². The first kappa shape index (κ1) is 15.2. The van der Waals surface area contributed by atoms with Gasteiger partial charge in [0.15, 0.2) is 0 Å². The summed E-state index contributed by atoms with van der Waals surface area (Å²) in [5.74, 6) is 0. The molecule has 0 aliphatic heterocycles. The van der Waals surface area contributed by atoms with E-state index in [0.29, 0.717) is 12.1 Å². The van der Waals surface area contributed by atoms with Gasteiger partial charge in [-0.15, -0.1) is 0 Å². The van der Waals surface area contributed by atoms with Gasteiger partial charge >= 0.3 is 0 Å². The normalized spacial score (nSPS) is 14.7. The molecule has 0 fully saturated rings. The molecule has 1 N–H and O–H groups in total. The monoisotopic (exact) mass is 249 g/mol. The van der Waals surface area contributed by atoms with E-state index in [2.05, 4.69) is 57.3 Å². The lowest BCUT2D eigenvalue weighted by Gasteiger charge is -2.24. The van der Waals surface area contributed by atoms with Crippen molar-refractivity contribution in [2.24, 2.45) is 0 Å². The summed E-state index contributed by atoms with van der Waals surface area (Å²) in [5, 5.41) is 3.47. The highest BCUT2D eigenvalue weighted by molar-refractivity contribution is 5.18. The van der Waals surface area contributed by atoms with Gasteiger partial charge in [0, 0.05) is 12.6 Å². The second-order valence-corrected chi connectivity index (χ2v) is 5.20. The van der Waals surface area contributed by atoms with Crippen molar-refractivity contribution in [3.05, 3.63) is 35.9 Å². The van der Waals surface area contributed by atoms with Crippen LogP contribution in [-0.4, -0.2) is 18.7 Å². The van der Waals surface area contributed by atoms with Crippen molar-refractivity contribution in [3.63, 3.8) is 0 Å². The number of hydrogen-bond donors (Lipinski definition) is 1. The molecule has 18 heavy (non-hydrogen) atoms. The predicted molar refractivity (Wildman–Crippen MR) is 77.8 cm³/mol. The summed E-state index contributed by atoms with van der Waals surface area (Å²) in [4.78, 5) is 0. The summed E-state index contributed by atoms with van der Waals surface area (Å²) < 4.78 is 6.16. The van der Waals surface area contributed by atoms with Crippen LogP contribution in [0.25, 0.3) is 0 Å².